The van der Waals surface area contributed by atoms with Crippen LogP contribution < -0.4 is 0 Å². The Morgan fingerprint density at radius 1 is 0.647 bits per heavy atom. The van der Waals surface area contributed by atoms with E-state index in [0.717, 1.165) is 0 Å². The highest BCUT2D eigenvalue weighted by atomic mass is 32.1. The predicted octanol–water partition coefficient (Wildman–Crippen LogP) is 4.88. The lowest BCUT2D eigenvalue weighted by Gasteiger charge is -1.96. The van der Waals surface area contributed by atoms with Gasteiger partial charge in [0.1, 0.15) is 0 Å². The molecule has 0 spiro atoms. The van der Waals surface area contributed by atoms with Crippen molar-refractivity contribution in [2.24, 2.45) is 0 Å². The van der Waals surface area contributed by atoms with Gasteiger partial charge in [0.25, 0.3) is 0 Å². The van der Waals surface area contributed by atoms with Crippen molar-refractivity contribution in [1.29, 1.82) is 0 Å². The van der Waals surface area contributed by atoms with Gasteiger partial charge in [0, 0.05) is 9.75 Å². The van der Waals surface area contributed by atoms with Crippen molar-refractivity contribution in [3.05, 3.63) is 72.8 Å². The second-order valence-electron chi connectivity index (χ2n) is 3.82. The number of benzene rings is 2. The standard InChI is InChI=1S/C16H11S/c1-3-7-13(8-4-1)15-11-12-16(17-15)14-9-5-2-6-10-14/h1,3-12H. The Bertz CT molecular complexity index is 540. The molecule has 0 aliphatic carbocycles. The van der Waals surface area contributed by atoms with Crippen LogP contribution in [0.3, 0.4) is 0 Å². The second-order valence-corrected chi connectivity index (χ2v) is 4.90. The van der Waals surface area contributed by atoms with Crippen LogP contribution in [0.5, 0.6) is 0 Å². The molecule has 0 bridgehead atoms. The number of rotatable bonds is 2. The van der Waals surface area contributed by atoms with Crippen molar-refractivity contribution < 1.29 is 0 Å². The van der Waals surface area contributed by atoms with Gasteiger partial charge in [-0.05, 0) is 29.3 Å². The van der Waals surface area contributed by atoms with Gasteiger partial charge >= 0.3 is 0 Å². The van der Waals surface area contributed by atoms with Crippen LogP contribution in [0.15, 0.2) is 66.7 Å². The summed E-state index contributed by atoms with van der Waals surface area (Å²) < 4.78 is 0. The summed E-state index contributed by atoms with van der Waals surface area (Å²) in [4.78, 5) is 2.62. The van der Waals surface area contributed by atoms with Gasteiger partial charge < -0.3 is 0 Å². The van der Waals surface area contributed by atoms with Crippen LogP contribution in [0.25, 0.3) is 20.9 Å². The summed E-state index contributed by atoms with van der Waals surface area (Å²) in [5.74, 6) is 0. The molecule has 81 valence electrons. The summed E-state index contributed by atoms with van der Waals surface area (Å²) in [6, 6.07) is 26.0. The van der Waals surface area contributed by atoms with Crippen molar-refractivity contribution >= 4 is 11.3 Å². The van der Waals surface area contributed by atoms with Crippen LogP contribution in [0.1, 0.15) is 0 Å². The topological polar surface area (TPSA) is 0 Å². The summed E-state index contributed by atoms with van der Waals surface area (Å²) in [5, 5.41) is 0. The fourth-order valence-corrected chi connectivity index (χ4v) is 2.82. The zero-order chi connectivity index (χ0) is 11.5. The highest BCUT2D eigenvalue weighted by Crippen LogP contribution is 2.33. The molecule has 17 heavy (non-hydrogen) atoms. The molecule has 0 aliphatic rings. The van der Waals surface area contributed by atoms with Gasteiger partial charge in [-0.1, -0.05) is 54.6 Å². The summed E-state index contributed by atoms with van der Waals surface area (Å²) in [5.41, 5.74) is 2.54. The van der Waals surface area contributed by atoms with Gasteiger partial charge in [0.15, 0.2) is 0 Å². The SMILES string of the molecule is [c]1ccc(-c2ccc(-c3ccccc3)s2)cc1. The lowest BCUT2D eigenvalue weighted by Crippen LogP contribution is -1.69. The highest BCUT2D eigenvalue weighted by molar-refractivity contribution is 7.18. The summed E-state index contributed by atoms with van der Waals surface area (Å²) in [6.45, 7) is 0. The van der Waals surface area contributed by atoms with E-state index in [9.17, 15) is 0 Å². The molecule has 3 rings (SSSR count). The van der Waals surface area contributed by atoms with E-state index in [4.69, 9.17) is 0 Å². The highest BCUT2D eigenvalue weighted by Gasteiger charge is 2.03. The third kappa shape index (κ3) is 2.15. The Labute approximate surface area is 105 Å². The molecule has 1 heteroatoms. The van der Waals surface area contributed by atoms with Crippen LogP contribution in [0.2, 0.25) is 0 Å². The van der Waals surface area contributed by atoms with Crippen molar-refractivity contribution in [3.63, 3.8) is 0 Å². The van der Waals surface area contributed by atoms with Crippen LogP contribution in [0, 0.1) is 6.07 Å². The van der Waals surface area contributed by atoms with Crippen molar-refractivity contribution in [2.75, 3.05) is 0 Å². The van der Waals surface area contributed by atoms with Gasteiger partial charge in [-0.15, -0.1) is 11.3 Å². The normalized spacial score (nSPS) is 10.4. The quantitative estimate of drug-likeness (QED) is 0.593. The van der Waals surface area contributed by atoms with E-state index in [0.29, 0.717) is 0 Å². The predicted molar refractivity (Wildman–Crippen MR) is 74.0 cm³/mol. The largest absolute Gasteiger partial charge is 0.135 e. The molecule has 1 heterocycles. The Morgan fingerprint density at radius 2 is 1.24 bits per heavy atom. The van der Waals surface area contributed by atoms with Crippen molar-refractivity contribution in [3.8, 4) is 20.9 Å². The van der Waals surface area contributed by atoms with Gasteiger partial charge in [-0.25, -0.2) is 0 Å². The van der Waals surface area contributed by atoms with Gasteiger partial charge in [0.2, 0.25) is 0 Å². The first kappa shape index (κ1) is 10.3. The number of hydrogen-bond acceptors (Lipinski definition) is 1. The Balaban J connectivity index is 1.99. The first-order chi connectivity index (χ1) is 8.43. The first-order valence-electron chi connectivity index (χ1n) is 5.55. The van der Waals surface area contributed by atoms with E-state index in [2.05, 4.69) is 54.6 Å². The zero-order valence-corrected chi connectivity index (χ0v) is 10.1. The molecule has 0 atom stereocenters. The maximum Gasteiger partial charge on any atom is 0.0349 e. The van der Waals surface area contributed by atoms with Gasteiger partial charge in [-0.3, -0.25) is 0 Å². The maximum atomic E-state index is 3.05. The Kier molecular flexibility index (Phi) is 2.76. The van der Waals surface area contributed by atoms with Crippen molar-refractivity contribution in [1.82, 2.24) is 0 Å². The second kappa shape index (κ2) is 4.56. The molecular formula is C16H11S. The van der Waals surface area contributed by atoms with Gasteiger partial charge in [-0.2, -0.15) is 0 Å². The van der Waals surface area contributed by atoms with E-state index in [-0.39, 0.29) is 0 Å². The fraction of sp³-hybridized carbons (Fsp3) is 0. The molecular weight excluding hydrogens is 224 g/mol. The molecule has 0 unspecified atom stereocenters. The van der Waals surface area contributed by atoms with Crippen LogP contribution in [-0.2, 0) is 0 Å². The van der Waals surface area contributed by atoms with Crippen molar-refractivity contribution in [2.45, 2.75) is 0 Å². The minimum absolute atomic E-state index is 1.26. The third-order valence-corrected chi connectivity index (χ3v) is 3.85. The van der Waals surface area contributed by atoms with Gasteiger partial charge in [0.05, 0.1) is 0 Å². The minimum atomic E-state index is 1.26. The summed E-state index contributed by atoms with van der Waals surface area (Å²) >= 11 is 1.83. The van der Waals surface area contributed by atoms with E-state index < -0.39 is 0 Å². The maximum absolute atomic E-state index is 3.05. The minimum Gasteiger partial charge on any atom is -0.135 e. The van der Waals surface area contributed by atoms with Crippen LogP contribution >= 0.6 is 11.3 Å². The molecule has 0 amide bonds. The molecule has 0 nitrogen and oxygen atoms in total. The van der Waals surface area contributed by atoms with E-state index in [1.165, 1.54) is 20.9 Å². The summed E-state index contributed by atoms with van der Waals surface area (Å²) in [6.07, 6.45) is 0. The average molecular weight is 235 g/mol. The number of thiophene rings is 1. The fourth-order valence-electron chi connectivity index (χ4n) is 1.80. The van der Waals surface area contributed by atoms with Crippen LogP contribution in [-0.4, -0.2) is 0 Å². The lowest BCUT2D eigenvalue weighted by atomic mass is 10.2. The molecule has 2 aromatic carbocycles. The molecule has 0 saturated heterocycles. The molecule has 0 aliphatic heterocycles. The van der Waals surface area contributed by atoms with E-state index >= 15 is 0 Å². The smallest absolute Gasteiger partial charge is 0.0349 e. The zero-order valence-electron chi connectivity index (χ0n) is 9.26. The molecule has 3 aromatic rings. The summed E-state index contributed by atoms with van der Waals surface area (Å²) in [7, 11) is 0. The third-order valence-electron chi connectivity index (χ3n) is 2.67. The molecule has 0 saturated carbocycles. The molecule has 0 N–H and O–H groups in total. The van der Waals surface area contributed by atoms with Crippen LogP contribution in [0.4, 0.5) is 0 Å². The Morgan fingerprint density at radius 3 is 1.88 bits per heavy atom. The molecule has 1 radical (unpaired) electrons. The first-order valence-corrected chi connectivity index (χ1v) is 6.37. The monoisotopic (exact) mass is 235 g/mol. The Hall–Kier alpha value is -1.86. The average Bonchev–Trinajstić information content (AvgIpc) is 2.90. The van der Waals surface area contributed by atoms with E-state index in [1.54, 1.807) is 0 Å². The number of hydrogen-bond donors (Lipinski definition) is 0. The molecule has 0 fully saturated rings. The lowest BCUT2D eigenvalue weighted by molar-refractivity contribution is 1.68. The molecule has 1 aromatic heterocycles. The van der Waals surface area contributed by atoms with E-state index in [1.807, 2.05) is 29.5 Å².